The van der Waals surface area contributed by atoms with Gasteiger partial charge in [0.2, 0.25) is 0 Å². The standard InChI is InChI=1S/C21H19ClF3N3O4/c1-2-3-15(11-18(26)19(29)30)32-14-7-4-12(5-8-14)27-20(31)28-13-6-9-17(22)16(10-13)21(23,24)25/h3-11H,2,26H2,1H3,(H,29,30)(H2,27,28,31)/b15-3+,18-11-. The Morgan fingerprint density at radius 3 is 2.28 bits per heavy atom. The molecule has 0 spiro atoms. The largest absolute Gasteiger partial charge is 0.477 e. The zero-order chi connectivity index (χ0) is 23.9. The van der Waals surface area contributed by atoms with Crippen LogP contribution in [0.3, 0.4) is 0 Å². The Morgan fingerprint density at radius 1 is 1.12 bits per heavy atom. The number of nitrogens with two attached hydrogens (primary N) is 1. The zero-order valence-electron chi connectivity index (χ0n) is 16.7. The van der Waals surface area contributed by atoms with Crippen molar-refractivity contribution in [2.24, 2.45) is 5.73 Å². The predicted octanol–water partition coefficient (Wildman–Crippen LogP) is 5.60. The van der Waals surface area contributed by atoms with Gasteiger partial charge >= 0.3 is 18.2 Å². The van der Waals surface area contributed by atoms with Crippen LogP contribution in [0.25, 0.3) is 0 Å². The highest BCUT2D eigenvalue weighted by molar-refractivity contribution is 6.31. The van der Waals surface area contributed by atoms with E-state index >= 15 is 0 Å². The number of amides is 2. The highest BCUT2D eigenvalue weighted by atomic mass is 35.5. The molecular weight excluding hydrogens is 451 g/mol. The number of carboxylic acids is 1. The summed E-state index contributed by atoms with van der Waals surface area (Å²) in [6.45, 7) is 1.83. The molecule has 0 aliphatic carbocycles. The molecule has 0 fully saturated rings. The van der Waals surface area contributed by atoms with Crippen LogP contribution in [0.15, 0.2) is 66.1 Å². The summed E-state index contributed by atoms with van der Waals surface area (Å²) in [7, 11) is 0. The lowest BCUT2D eigenvalue weighted by atomic mass is 10.2. The summed E-state index contributed by atoms with van der Waals surface area (Å²) in [6.07, 6.45) is -1.28. The summed E-state index contributed by atoms with van der Waals surface area (Å²) in [5.74, 6) is -0.712. The average molecular weight is 470 g/mol. The van der Waals surface area contributed by atoms with Gasteiger partial charge in [0.25, 0.3) is 0 Å². The average Bonchev–Trinajstić information content (AvgIpc) is 2.70. The van der Waals surface area contributed by atoms with Gasteiger partial charge in [-0.3, -0.25) is 0 Å². The number of carbonyl (C=O) groups excluding carboxylic acids is 1. The molecule has 170 valence electrons. The van der Waals surface area contributed by atoms with Crippen LogP contribution in [-0.4, -0.2) is 17.1 Å². The van der Waals surface area contributed by atoms with Crippen LogP contribution < -0.4 is 21.1 Å². The number of hydrogen-bond donors (Lipinski definition) is 4. The summed E-state index contributed by atoms with van der Waals surface area (Å²) in [6, 6.07) is 8.25. The molecule has 2 aromatic carbocycles. The van der Waals surface area contributed by atoms with E-state index < -0.39 is 34.5 Å². The van der Waals surface area contributed by atoms with E-state index in [1.54, 1.807) is 6.08 Å². The molecule has 32 heavy (non-hydrogen) atoms. The fourth-order valence-corrected chi connectivity index (χ4v) is 2.63. The first-order valence-corrected chi connectivity index (χ1v) is 9.50. The van der Waals surface area contributed by atoms with E-state index in [9.17, 15) is 22.8 Å². The highest BCUT2D eigenvalue weighted by Gasteiger charge is 2.33. The fraction of sp³-hybridized carbons (Fsp3) is 0.143. The predicted molar refractivity (Wildman–Crippen MR) is 114 cm³/mol. The molecule has 0 radical (unpaired) electrons. The van der Waals surface area contributed by atoms with Crippen molar-refractivity contribution in [3.8, 4) is 5.75 Å². The first kappa shape index (κ1) is 24.6. The molecule has 2 amide bonds. The maximum atomic E-state index is 12.9. The maximum absolute atomic E-state index is 12.9. The van der Waals surface area contributed by atoms with Gasteiger partial charge in [0.15, 0.2) is 0 Å². The van der Waals surface area contributed by atoms with E-state index in [0.717, 1.165) is 12.1 Å². The smallest absolute Gasteiger partial charge is 0.417 e. The van der Waals surface area contributed by atoms with Gasteiger partial charge in [-0.2, -0.15) is 13.2 Å². The minimum atomic E-state index is -4.66. The van der Waals surface area contributed by atoms with E-state index in [-0.39, 0.29) is 11.4 Å². The molecule has 0 aliphatic heterocycles. The Labute approximate surface area is 186 Å². The minimum Gasteiger partial charge on any atom is -0.477 e. The second-order valence-electron chi connectivity index (χ2n) is 6.32. The maximum Gasteiger partial charge on any atom is 0.417 e. The number of aliphatic carboxylic acids is 1. The van der Waals surface area contributed by atoms with E-state index in [0.29, 0.717) is 17.9 Å². The molecule has 5 N–H and O–H groups in total. The first-order valence-electron chi connectivity index (χ1n) is 9.13. The quantitative estimate of drug-likeness (QED) is 0.239. The number of hydrogen-bond acceptors (Lipinski definition) is 4. The number of nitrogens with one attached hydrogen (secondary N) is 2. The number of alkyl halides is 3. The molecule has 0 atom stereocenters. The van der Waals surface area contributed by atoms with Crippen molar-refractivity contribution in [1.82, 2.24) is 0 Å². The van der Waals surface area contributed by atoms with E-state index in [1.165, 1.54) is 36.4 Å². The number of anilines is 2. The molecule has 11 heteroatoms. The molecule has 0 heterocycles. The number of carbonyl (C=O) groups is 2. The minimum absolute atomic E-state index is 0.0867. The van der Waals surface area contributed by atoms with E-state index in [2.05, 4.69) is 10.6 Å². The Balaban J connectivity index is 2.05. The number of halogens is 4. The Hall–Kier alpha value is -3.66. The topological polar surface area (TPSA) is 114 Å². The third-order valence-corrected chi connectivity index (χ3v) is 4.16. The number of ether oxygens (including phenoxy) is 1. The van der Waals surface area contributed by atoms with Crippen molar-refractivity contribution in [3.05, 3.63) is 76.7 Å². The van der Waals surface area contributed by atoms with Crippen molar-refractivity contribution in [3.63, 3.8) is 0 Å². The lowest BCUT2D eigenvalue weighted by Crippen LogP contribution is -2.19. The molecule has 0 bridgehead atoms. The van der Waals surface area contributed by atoms with Crippen LogP contribution in [-0.2, 0) is 11.0 Å². The fourth-order valence-electron chi connectivity index (χ4n) is 2.40. The van der Waals surface area contributed by atoms with E-state index in [4.69, 9.17) is 27.2 Å². The van der Waals surface area contributed by atoms with Crippen molar-refractivity contribution >= 4 is 35.0 Å². The van der Waals surface area contributed by atoms with Gasteiger partial charge in [-0.05, 0) is 55.0 Å². The normalized spacial score (nSPS) is 12.3. The third kappa shape index (κ3) is 7.24. The lowest BCUT2D eigenvalue weighted by Gasteiger charge is -2.13. The van der Waals surface area contributed by atoms with Crippen molar-refractivity contribution in [1.29, 1.82) is 0 Å². The van der Waals surface area contributed by atoms with E-state index in [1.807, 2.05) is 6.92 Å². The van der Waals surface area contributed by atoms with Crippen LogP contribution in [0.4, 0.5) is 29.3 Å². The number of benzene rings is 2. The molecule has 2 rings (SSSR count). The molecule has 0 aromatic heterocycles. The molecule has 0 saturated heterocycles. The van der Waals surface area contributed by atoms with Crippen molar-refractivity contribution < 1.29 is 32.6 Å². The van der Waals surface area contributed by atoms with Crippen LogP contribution >= 0.6 is 11.6 Å². The monoisotopic (exact) mass is 469 g/mol. The van der Waals surface area contributed by atoms with Gasteiger partial charge in [0.05, 0.1) is 10.6 Å². The Bertz CT molecular complexity index is 1050. The van der Waals surface area contributed by atoms with Gasteiger partial charge < -0.3 is 26.2 Å². The van der Waals surface area contributed by atoms with Gasteiger partial charge in [-0.25, -0.2) is 9.59 Å². The molecule has 0 unspecified atom stereocenters. The summed E-state index contributed by atoms with van der Waals surface area (Å²) < 4.78 is 44.4. The van der Waals surface area contributed by atoms with Crippen molar-refractivity contribution in [2.75, 3.05) is 10.6 Å². The van der Waals surface area contributed by atoms with Gasteiger partial charge in [0, 0.05) is 17.5 Å². The molecular formula is C21H19ClF3N3O4. The summed E-state index contributed by atoms with van der Waals surface area (Å²) in [4.78, 5) is 23.0. The summed E-state index contributed by atoms with van der Waals surface area (Å²) in [5.41, 5.74) is 4.19. The van der Waals surface area contributed by atoms with Gasteiger partial charge in [-0.1, -0.05) is 18.5 Å². The van der Waals surface area contributed by atoms with Crippen LogP contribution in [0, 0.1) is 0 Å². The van der Waals surface area contributed by atoms with Crippen molar-refractivity contribution in [2.45, 2.75) is 19.5 Å². The second kappa shape index (κ2) is 10.6. The Morgan fingerprint density at radius 2 is 1.72 bits per heavy atom. The molecule has 7 nitrogen and oxygen atoms in total. The number of urea groups is 1. The zero-order valence-corrected chi connectivity index (χ0v) is 17.4. The molecule has 0 aliphatic rings. The van der Waals surface area contributed by atoms with Crippen LogP contribution in [0.5, 0.6) is 5.75 Å². The highest BCUT2D eigenvalue weighted by Crippen LogP contribution is 2.36. The SMILES string of the molecule is CC/C=C(\C=C(/N)C(=O)O)Oc1ccc(NC(=O)Nc2ccc(Cl)c(C(F)(F)F)c2)cc1. The number of allylic oxidation sites excluding steroid dienone is 2. The summed E-state index contributed by atoms with van der Waals surface area (Å²) >= 11 is 5.56. The van der Waals surface area contributed by atoms with Crippen LogP contribution in [0.1, 0.15) is 18.9 Å². The van der Waals surface area contributed by atoms with Gasteiger partial charge in [-0.15, -0.1) is 0 Å². The molecule has 0 saturated carbocycles. The Kier molecular flexibility index (Phi) is 8.14. The first-order chi connectivity index (χ1) is 15.0. The third-order valence-electron chi connectivity index (χ3n) is 3.83. The summed E-state index contributed by atoms with van der Waals surface area (Å²) in [5, 5.41) is 13.2. The second-order valence-corrected chi connectivity index (χ2v) is 6.72. The lowest BCUT2D eigenvalue weighted by molar-refractivity contribution is -0.137. The number of carboxylic acid groups (broad SMARTS) is 1. The number of rotatable bonds is 7. The van der Waals surface area contributed by atoms with Crippen LogP contribution in [0.2, 0.25) is 5.02 Å². The van der Waals surface area contributed by atoms with Gasteiger partial charge in [0.1, 0.15) is 17.2 Å². The molecule has 2 aromatic rings.